The van der Waals surface area contributed by atoms with Crippen molar-refractivity contribution in [3.05, 3.63) is 22.5 Å². The van der Waals surface area contributed by atoms with Crippen LogP contribution in [0, 0.1) is 22.7 Å². The molecule has 18 nitrogen and oxygen atoms in total. The summed E-state index contributed by atoms with van der Waals surface area (Å²) in [5, 5.41) is 43.4. The topological polar surface area (TPSA) is 246 Å². The molecule has 0 aliphatic carbocycles. The number of hydrogen-bond acceptors (Lipinski definition) is 18. The molecular weight excluding hydrogens is 785 g/mol. The Morgan fingerprint density at radius 3 is 2.33 bits per heavy atom. The molecule has 3 N–H and O–H groups in total. The summed E-state index contributed by atoms with van der Waals surface area (Å²) in [6.45, 7) is 0. The van der Waals surface area contributed by atoms with E-state index in [-0.39, 0.29) is 57.4 Å². The molecule has 1 saturated heterocycles. The lowest BCUT2D eigenvalue weighted by atomic mass is 9.97. The van der Waals surface area contributed by atoms with Gasteiger partial charge in [0.2, 0.25) is 17.0 Å². The Morgan fingerprint density at radius 2 is 1.76 bits per heavy atom. The number of hydrogen-bond donors (Lipinski definition) is 4. The second-order valence-electron chi connectivity index (χ2n) is 10.5. The van der Waals surface area contributed by atoms with Gasteiger partial charge >= 0.3 is 5.97 Å². The minimum absolute atomic E-state index is 0.0297. The second kappa shape index (κ2) is 18.6. The minimum atomic E-state index is -1.83. The number of aryl methyl sites for hydroxylation is 1. The number of carboxylic acids is 1. The van der Waals surface area contributed by atoms with Gasteiger partial charge in [-0.15, -0.1) is 52.1 Å². The third kappa shape index (κ3) is 8.76. The Morgan fingerprint density at radius 1 is 1.10 bits per heavy atom. The molecule has 51 heavy (non-hydrogen) atoms. The molecule has 0 bridgehead atoms. The van der Waals surface area contributed by atoms with Crippen LogP contribution in [0.2, 0.25) is 0 Å². The van der Waals surface area contributed by atoms with Crippen molar-refractivity contribution < 1.29 is 38.6 Å². The number of amides is 4. The lowest BCUT2D eigenvalue weighted by Crippen LogP contribution is -2.81. The van der Waals surface area contributed by atoms with E-state index in [1.165, 1.54) is 35.6 Å². The number of thiol groups is 1. The standard InChI is InChI=1S/C27H32N10O8S6/c1-35-26(32-33-34-35)51-11-15-10-49-22(20(44-2)30-16(38)12-47-6-4-28)36(19(15)23(41)42)21(40)18-14(8-46)9-50-25-27(45-3,24(43)37(18)25)31-17(39)13-48-7-5-29/h20,22,25,46H,6-13H2,1-3H3,(H,30,38)(H,31,39)(H,41,42)/t20?,22-,25-,27+/m1/s1. The average molecular weight is 817 g/mol. The molecule has 0 saturated carbocycles. The quantitative estimate of drug-likeness (QED) is 0.0518. The predicted octanol–water partition coefficient (Wildman–Crippen LogP) is -0.297. The fraction of sp³-hybridized carbons (Fsp3) is 0.556. The Labute approximate surface area is 319 Å². The first-order valence-corrected chi connectivity index (χ1v) is 20.6. The zero-order valence-electron chi connectivity index (χ0n) is 27.3. The van der Waals surface area contributed by atoms with E-state index in [4.69, 9.17) is 20.0 Å². The van der Waals surface area contributed by atoms with Crippen LogP contribution in [0.25, 0.3) is 0 Å². The van der Waals surface area contributed by atoms with Crippen molar-refractivity contribution in [3.8, 4) is 12.1 Å². The van der Waals surface area contributed by atoms with Crippen molar-refractivity contribution in [2.24, 2.45) is 7.05 Å². The van der Waals surface area contributed by atoms with Crippen LogP contribution >= 0.6 is 71.4 Å². The SMILES string of the molecule is COC(NC(=O)CSCC#N)[C@H]1SCC(CSc2nnnn2C)=C(C(=O)O)N1C(=O)C1=C(CS)CS[C@H]2N1C(=O)[C@]2(NC(=O)CSCC#N)OC. The molecular formula is C27H32N10O8S6. The number of nitrogens with one attached hydrogen (secondary N) is 2. The van der Waals surface area contributed by atoms with Gasteiger partial charge in [0.25, 0.3) is 17.5 Å². The van der Waals surface area contributed by atoms with Gasteiger partial charge in [-0.2, -0.15) is 23.2 Å². The van der Waals surface area contributed by atoms with Gasteiger partial charge in [0, 0.05) is 44.3 Å². The van der Waals surface area contributed by atoms with Crippen molar-refractivity contribution in [2.45, 2.75) is 27.9 Å². The van der Waals surface area contributed by atoms with Crippen LogP contribution in [0.15, 0.2) is 27.7 Å². The Kier molecular flexibility index (Phi) is 14.8. The zero-order valence-corrected chi connectivity index (χ0v) is 32.2. The van der Waals surface area contributed by atoms with E-state index in [1.54, 1.807) is 7.05 Å². The molecule has 0 spiro atoms. The fourth-order valence-corrected chi connectivity index (χ4v) is 10.2. The molecule has 3 aliphatic heterocycles. The van der Waals surface area contributed by atoms with Crippen LogP contribution in [0.3, 0.4) is 0 Å². The highest BCUT2D eigenvalue weighted by atomic mass is 32.2. The van der Waals surface area contributed by atoms with Crippen LogP contribution in [-0.4, -0.2) is 148 Å². The number of carbonyl (C=O) groups is 5. The first kappa shape index (κ1) is 40.7. The van der Waals surface area contributed by atoms with Crippen LogP contribution in [0.1, 0.15) is 0 Å². The van der Waals surface area contributed by atoms with Gasteiger partial charge in [-0.05, 0) is 21.6 Å². The molecule has 1 aromatic rings. The number of nitriles is 2. The van der Waals surface area contributed by atoms with Crippen molar-refractivity contribution >= 4 is 101 Å². The lowest BCUT2D eigenvalue weighted by Gasteiger charge is -2.56. The van der Waals surface area contributed by atoms with E-state index in [0.717, 1.165) is 51.9 Å². The highest BCUT2D eigenvalue weighted by Crippen LogP contribution is 2.48. The molecule has 274 valence electrons. The van der Waals surface area contributed by atoms with Crippen LogP contribution in [0.5, 0.6) is 0 Å². The summed E-state index contributed by atoms with van der Waals surface area (Å²) in [6, 6.07) is 3.86. The molecule has 4 heterocycles. The van der Waals surface area contributed by atoms with Gasteiger partial charge in [0.05, 0.1) is 35.1 Å². The van der Waals surface area contributed by atoms with Gasteiger partial charge in [-0.25, -0.2) is 9.48 Å². The van der Waals surface area contributed by atoms with E-state index in [1.807, 2.05) is 12.1 Å². The summed E-state index contributed by atoms with van der Waals surface area (Å²) >= 11 is 10.1. The lowest BCUT2D eigenvalue weighted by molar-refractivity contribution is -0.191. The fourth-order valence-electron chi connectivity index (χ4n) is 5.17. The van der Waals surface area contributed by atoms with Gasteiger partial charge in [-0.3, -0.25) is 29.0 Å². The first-order chi connectivity index (χ1) is 24.5. The maximum Gasteiger partial charge on any atom is 0.352 e. The predicted molar refractivity (Wildman–Crippen MR) is 194 cm³/mol. The maximum atomic E-state index is 14.9. The monoisotopic (exact) mass is 816 g/mol. The van der Waals surface area contributed by atoms with E-state index in [9.17, 15) is 29.1 Å². The average Bonchev–Trinajstić information content (AvgIpc) is 3.54. The summed E-state index contributed by atoms with van der Waals surface area (Å²) in [5.74, 6) is -3.81. The molecule has 0 radical (unpaired) electrons. The zero-order chi connectivity index (χ0) is 37.3. The summed E-state index contributed by atoms with van der Waals surface area (Å²) < 4.78 is 12.6. The molecule has 3 aliphatic rings. The number of thioether (sulfide) groups is 5. The number of nitrogens with zero attached hydrogens (tertiary/aromatic N) is 8. The number of tetrazole rings is 1. The van der Waals surface area contributed by atoms with Crippen LogP contribution in [0.4, 0.5) is 0 Å². The molecule has 1 fully saturated rings. The molecule has 1 aromatic heterocycles. The number of carboxylic acid groups (broad SMARTS) is 1. The number of ether oxygens (including phenoxy) is 2. The number of methoxy groups -OCH3 is 2. The molecule has 24 heteroatoms. The van der Waals surface area contributed by atoms with Crippen LogP contribution < -0.4 is 10.6 Å². The maximum absolute atomic E-state index is 14.9. The normalized spacial score (nSPS) is 22.0. The third-order valence-electron chi connectivity index (χ3n) is 7.40. The van der Waals surface area contributed by atoms with Gasteiger partial charge in [0.15, 0.2) is 6.23 Å². The number of fused-ring (bicyclic) bond motifs is 1. The number of β-lactam (4-membered cyclic amide) rings is 1. The number of carbonyl (C=O) groups excluding carboxylic acids is 4. The van der Waals surface area contributed by atoms with Gasteiger partial charge in [-0.1, -0.05) is 11.8 Å². The van der Waals surface area contributed by atoms with Crippen LogP contribution in [-0.2, 0) is 40.5 Å². The third-order valence-corrected chi connectivity index (χ3v) is 13.2. The second-order valence-corrected chi connectivity index (χ2v) is 15.9. The smallest absolute Gasteiger partial charge is 0.352 e. The molecule has 4 rings (SSSR count). The Bertz CT molecular complexity index is 1700. The van der Waals surface area contributed by atoms with E-state index < -0.39 is 52.3 Å². The largest absolute Gasteiger partial charge is 0.477 e. The first-order valence-electron chi connectivity index (χ1n) is 14.6. The van der Waals surface area contributed by atoms with Gasteiger partial charge in [0.1, 0.15) is 22.1 Å². The Hall–Kier alpha value is -3.10. The van der Waals surface area contributed by atoms with Crippen molar-refractivity contribution in [1.82, 2.24) is 40.6 Å². The van der Waals surface area contributed by atoms with Crippen molar-refractivity contribution in [3.63, 3.8) is 0 Å². The van der Waals surface area contributed by atoms with E-state index in [0.29, 0.717) is 16.3 Å². The summed E-state index contributed by atoms with van der Waals surface area (Å²) in [4.78, 5) is 69.8. The molecule has 1 unspecified atom stereocenters. The number of aliphatic carboxylic acids is 1. The Balaban J connectivity index is 1.76. The van der Waals surface area contributed by atoms with Crippen molar-refractivity contribution in [2.75, 3.05) is 60.2 Å². The summed E-state index contributed by atoms with van der Waals surface area (Å²) in [6.07, 6.45) is -1.22. The summed E-state index contributed by atoms with van der Waals surface area (Å²) in [5.41, 5.74) is -1.59. The van der Waals surface area contributed by atoms with E-state index in [2.05, 4.69) is 38.8 Å². The summed E-state index contributed by atoms with van der Waals surface area (Å²) in [7, 11) is 4.16. The highest BCUT2D eigenvalue weighted by Gasteiger charge is 2.67. The van der Waals surface area contributed by atoms with Gasteiger partial charge < -0.3 is 25.2 Å². The van der Waals surface area contributed by atoms with E-state index >= 15 is 0 Å². The minimum Gasteiger partial charge on any atom is -0.477 e. The highest BCUT2D eigenvalue weighted by molar-refractivity contribution is 8.01. The molecule has 0 aromatic carbocycles. The molecule has 4 atom stereocenters. The number of aromatic nitrogens is 4. The molecule has 4 amide bonds. The van der Waals surface area contributed by atoms with Crippen molar-refractivity contribution in [1.29, 1.82) is 10.5 Å². The number of rotatable bonds is 17.